The van der Waals surface area contributed by atoms with Crippen molar-refractivity contribution in [2.75, 3.05) is 6.61 Å². The average molecular weight is 574 g/mol. The summed E-state index contributed by atoms with van der Waals surface area (Å²) >= 11 is 18.5. The number of benzene rings is 3. The van der Waals surface area contributed by atoms with Crippen LogP contribution in [0.1, 0.15) is 43.2 Å². The zero-order chi connectivity index (χ0) is 26.9. The van der Waals surface area contributed by atoms with E-state index in [1.165, 1.54) is 6.42 Å². The lowest BCUT2D eigenvalue weighted by Crippen LogP contribution is -2.53. The summed E-state index contributed by atoms with van der Waals surface area (Å²) in [6.07, 6.45) is 5.63. The van der Waals surface area contributed by atoms with Crippen molar-refractivity contribution >= 4 is 46.6 Å². The highest BCUT2D eigenvalue weighted by Crippen LogP contribution is 2.28. The van der Waals surface area contributed by atoms with Crippen molar-refractivity contribution in [2.24, 2.45) is 0 Å². The van der Waals surface area contributed by atoms with E-state index >= 15 is 0 Å². The van der Waals surface area contributed by atoms with Gasteiger partial charge in [-0.3, -0.25) is 9.59 Å². The molecule has 4 rings (SSSR count). The number of amides is 2. The maximum absolute atomic E-state index is 13.8. The highest BCUT2D eigenvalue weighted by atomic mass is 35.5. The minimum atomic E-state index is -0.741. The van der Waals surface area contributed by atoms with Crippen LogP contribution in [0.3, 0.4) is 0 Å². The molecule has 0 spiro atoms. The lowest BCUT2D eigenvalue weighted by atomic mass is 9.94. The highest BCUT2D eigenvalue weighted by molar-refractivity contribution is 6.35. The summed E-state index contributed by atoms with van der Waals surface area (Å²) in [7, 11) is 0. The van der Waals surface area contributed by atoms with E-state index in [0.717, 1.165) is 36.8 Å². The van der Waals surface area contributed by atoms with Gasteiger partial charge in [0.25, 0.3) is 5.91 Å². The van der Waals surface area contributed by atoms with Crippen molar-refractivity contribution in [2.45, 2.75) is 57.2 Å². The predicted molar refractivity (Wildman–Crippen MR) is 153 cm³/mol. The summed E-state index contributed by atoms with van der Waals surface area (Å²) in [5.74, 6) is -0.158. The first kappa shape index (κ1) is 28.3. The Balaban J connectivity index is 1.62. The van der Waals surface area contributed by atoms with Crippen molar-refractivity contribution in [3.8, 4) is 5.75 Å². The van der Waals surface area contributed by atoms with Gasteiger partial charge in [-0.1, -0.05) is 96.5 Å². The number of carbonyl (C=O) groups excluding carboxylic acids is 2. The fourth-order valence-corrected chi connectivity index (χ4v) is 5.42. The van der Waals surface area contributed by atoms with Crippen molar-refractivity contribution in [3.63, 3.8) is 0 Å². The SMILES string of the molecule is O=C(NC1CCCCC1)[C@H](Cc1ccccc1)N(Cc1cccc(Cl)c1)C(=O)COc1ccc(Cl)cc1Cl. The van der Waals surface area contributed by atoms with E-state index in [2.05, 4.69) is 5.32 Å². The van der Waals surface area contributed by atoms with Gasteiger partial charge < -0.3 is 15.0 Å². The Morgan fingerprint density at radius 2 is 1.58 bits per heavy atom. The number of nitrogens with zero attached hydrogens (tertiary/aromatic N) is 1. The molecule has 1 aliphatic rings. The third-order valence-electron chi connectivity index (χ3n) is 6.71. The topological polar surface area (TPSA) is 58.6 Å². The summed E-state index contributed by atoms with van der Waals surface area (Å²) < 4.78 is 5.79. The van der Waals surface area contributed by atoms with Gasteiger partial charge in [0.05, 0.1) is 5.02 Å². The third kappa shape index (κ3) is 8.13. The van der Waals surface area contributed by atoms with Gasteiger partial charge >= 0.3 is 0 Å². The number of halogens is 3. The first-order valence-corrected chi connectivity index (χ1v) is 14.0. The summed E-state index contributed by atoms with van der Waals surface area (Å²) in [4.78, 5) is 29.1. The summed E-state index contributed by atoms with van der Waals surface area (Å²) in [5.41, 5.74) is 1.78. The first-order valence-electron chi connectivity index (χ1n) is 12.8. The van der Waals surface area contributed by atoms with E-state index < -0.39 is 6.04 Å². The Morgan fingerprint density at radius 3 is 2.29 bits per heavy atom. The van der Waals surface area contributed by atoms with Crippen LogP contribution in [0, 0.1) is 0 Å². The van der Waals surface area contributed by atoms with Crippen LogP contribution < -0.4 is 10.1 Å². The van der Waals surface area contributed by atoms with Crippen LogP contribution in [-0.4, -0.2) is 35.4 Å². The molecular weight excluding hydrogens is 543 g/mol. The standard InChI is InChI=1S/C30H31Cl3N2O3/c31-23-11-7-10-22(16-23)19-35(29(36)20-38-28-15-14-24(32)18-26(28)33)27(17-21-8-3-1-4-9-21)30(37)34-25-12-5-2-6-13-25/h1,3-4,7-11,14-16,18,25,27H,2,5-6,12-13,17,19-20H2,(H,34,37)/t27-/m0/s1. The van der Waals surface area contributed by atoms with Gasteiger partial charge in [-0.05, 0) is 54.3 Å². The van der Waals surface area contributed by atoms with Crippen LogP contribution in [0.25, 0.3) is 0 Å². The van der Waals surface area contributed by atoms with Crippen LogP contribution >= 0.6 is 34.8 Å². The molecule has 2 amide bonds. The van der Waals surface area contributed by atoms with Gasteiger partial charge in [-0.2, -0.15) is 0 Å². The van der Waals surface area contributed by atoms with Gasteiger partial charge in [-0.25, -0.2) is 0 Å². The molecule has 0 heterocycles. The maximum Gasteiger partial charge on any atom is 0.261 e. The van der Waals surface area contributed by atoms with Crippen LogP contribution in [-0.2, 0) is 22.6 Å². The molecular formula is C30H31Cl3N2O3. The second kappa shape index (κ2) is 13.9. The molecule has 1 N–H and O–H groups in total. The van der Waals surface area contributed by atoms with Crippen LogP contribution in [0.4, 0.5) is 0 Å². The summed E-state index contributed by atoms with van der Waals surface area (Å²) in [6, 6.07) is 21.2. The molecule has 5 nitrogen and oxygen atoms in total. The average Bonchev–Trinajstić information content (AvgIpc) is 2.91. The molecule has 1 fully saturated rings. The highest BCUT2D eigenvalue weighted by Gasteiger charge is 2.32. The normalized spacial score (nSPS) is 14.5. The molecule has 3 aromatic carbocycles. The molecule has 0 unspecified atom stereocenters. The monoisotopic (exact) mass is 572 g/mol. The first-order chi connectivity index (χ1) is 18.4. The number of carbonyl (C=O) groups is 2. The van der Waals surface area contributed by atoms with Crippen LogP contribution in [0.15, 0.2) is 72.8 Å². The molecule has 0 aromatic heterocycles. The number of ether oxygens (including phenoxy) is 1. The molecule has 3 aromatic rings. The van der Waals surface area contributed by atoms with Gasteiger partial charge in [0.1, 0.15) is 11.8 Å². The zero-order valence-corrected chi connectivity index (χ0v) is 23.3. The lowest BCUT2D eigenvalue weighted by molar-refractivity contribution is -0.143. The quantitative estimate of drug-likeness (QED) is 0.281. The molecule has 1 aliphatic carbocycles. The van der Waals surface area contributed by atoms with Crippen molar-refractivity contribution in [1.82, 2.24) is 10.2 Å². The van der Waals surface area contributed by atoms with E-state index in [9.17, 15) is 9.59 Å². The van der Waals surface area contributed by atoms with Crippen molar-refractivity contribution in [3.05, 3.63) is 99.0 Å². The Bertz CT molecular complexity index is 1230. The van der Waals surface area contributed by atoms with Crippen molar-refractivity contribution in [1.29, 1.82) is 0 Å². The molecule has 0 saturated heterocycles. The molecule has 1 saturated carbocycles. The number of hydrogen-bond donors (Lipinski definition) is 1. The largest absolute Gasteiger partial charge is 0.482 e. The van der Waals surface area contributed by atoms with Crippen molar-refractivity contribution < 1.29 is 14.3 Å². The minimum absolute atomic E-state index is 0.113. The van der Waals surface area contributed by atoms with E-state index in [1.807, 2.05) is 42.5 Å². The molecule has 38 heavy (non-hydrogen) atoms. The summed E-state index contributed by atoms with van der Waals surface area (Å²) in [6.45, 7) is -0.0867. The number of rotatable bonds is 10. The third-order valence-corrected chi connectivity index (χ3v) is 7.48. The fraction of sp³-hybridized carbons (Fsp3) is 0.333. The molecule has 1 atom stereocenters. The number of hydrogen-bond acceptors (Lipinski definition) is 3. The molecule has 0 aliphatic heterocycles. The van der Waals surface area contributed by atoms with Gasteiger partial charge in [0.2, 0.25) is 5.91 Å². The molecule has 0 bridgehead atoms. The van der Waals surface area contributed by atoms with Crippen LogP contribution in [0.2, 0.25) is 15.1 Å². The molecule has 8 heteroatoms. The molecule has 0 radical (unpaired) electrons. The predicted octanol–water partition coefficient (Wildman–Crippen LogP) is 7.11. The minimum Gasteiger partial charge on any atom is -0.482 e. The second-order valence-electron chi connectivity index (χ2n) is 9.56. The Morgan fingerprint density at radius 1 is 0.868 bits per heavy atom. The van der Waals surface area contributed by atoms with Gasteiger partial charge in [0.15, 0.2) is 6.61 Å². The second-order valence-corrected chi connectivity index (χ2v) is 10.8. The Labute approximate surface area is 239 Å². The van der Waals surface area contributed by atoms with Gasteiger partial charge in [0, 0.05) is 29.1 Å². The fourth-order valence-electron chi connectivity index (χ4n) is 4.74. The van der Waals surface area contributed by atoms with E-state index in [1.54, 1.807) is 35.2 Å². The number of nitrogens with one attached hydrogen (secondary N) is 1. The van der Waals surface area contributed by atoms with E-state index in [0.29, 0.717) is 27.2 Å². The van der Waals surface area contributed by atoms with E-state index in [-0.39, 0.29) is 31.0 Å². The lowest BCUT2D eigenvalue weighted by Gasteiger charge is -2.33. The smallest absolute Gasteiger partial charge is 0.261 e. The zero-order valence-electron chi connectivity index (χ0n) is 21.0. The Kier molecular flexibility index (Phi) is 10.3. The Hall–Kier alpha value is -2.73. The maximum atomic E-state index is 13.8. The summed E-state index contributed by atoms with van der Waals surface area (Å²) in [5, 5.41) is 4.56. The van der Waals surface area contributed by atoms with Gasteiger partial charge in [-0.15, -0.1) is 0 Å². The van der Waals surface area contributed by atoms with Crippen LogP contribution in [0.5, 0.6) is 5.75 Å². The molecule has 200 valence electrons. The van der Waals surface area contributed by atoms with E-state index in [4.69, 9.17) is 39.5 Å².